The third kappa shape index (κ3) is 3.22. The van der Waals surface area contributed by atoms with Gasteiger partial charge in [-0.1, -0.05) is 32.4 Å². The molecule has 0 atom stereocenters. The number of hydrogen-bond acceptors (Lipinski definition) is 4. The van der Waals surface area contributed by atoms with E-state index >= 15 is 0 Å². The summed E-state index contributed by atoms with van der Waals surface area (Å²) in [7, 11) is 0. The molecule has 4 nitrogen and oxygen atoms in total. The zero-order valence-electron chi connectivity index (χ0n) is 11.4. The molecule has 0 amide bonds. The van der Waals surface area contributed by atoms with Gasteiger partial charge in [0.1, 0.15) is 17.9 Å². The van der Waals surface area contributed by atoms with Crippen LogP contribution < -0.4 is 10.5 Å². The van der Waals surface area contributed by atoms with Gasteiger partial charge in [0.2, 0.25) is 5.88 Å². The van der Waals surface area contributed by atoms with Crippen molar-refractivity contribution in [3.8, 4) is 11.6 Å². The number of nitrogens with zero attached hydrogens (tertiary/aromatic N) is 2. The standard InChI is InChI=1S/C15H19N3O/c1-3-5-13-14(16)17-10-18-15(13)19-12-8-6-11(4-2)7-9-12/h6-10H,3-5H2,1-2H3,(H2,16,17,18). The van der Waals surface area contributed by atoms with Crippen LogP contribution in [0.3, 0.4) is 0 Å². The van der Waals surface area contributed by atoms with Gasteiger partial charge in [0, 0.05) is 0 Å². The van der Waals surface area contributed by atoms with E-state index in [1.807, 2.05) is 12.1 Å². The van der Waals surface area contributed by atoms with Gasteiger partial charge in [-0.2, -0.15) is 0 Å². The second-order valence-electron chi connectivity index (χ2n) is 4.39. The Labute approximate surface area is 113 Å². The molecule has 1 aromatic heterocycles. The quantitative estimate of drug-likeness (QED) is 0.892. The maximum absolute atomic E-state index is 5.88. The SMILES string of the molecule is CCCc1c(N)ncnc1Oc1ccc(CC)cc1. The Morgan fingerprint density at radius 1 is 1.11 bits per heavy atom. The summed E-state index contributed by atoms with van der Waals surface area (Å²) in [5.74, 6) is 1.82. The van der Waals surface area contributed by atoms with Crippen LogP contribution in [0, 0.1) is 0 Å². The second kappa shape index (κ2) is 6.18. The summed E-state index contributed by atoms with van der Waals surface area (Å²) in [4.78, 5) is 8.20. The first-order valence-corrected chi connectivity index (χ1v) is 6.60. The van der Waals surface area contributed by atoms with Gasteiger partial charge in [0.15, 0.2) is 0 Å². The zero-order chi connectivity index (χ0) is 13.7. The third-order valence-electron chi connectivity index (χ3n) is 2.99. The Kier molecular flexibility index (Phi) is 4.34. The van der Waals surface area contributed by atoms with Gasteiger partial charge in [0.05, 0.1) is 5.56 Å². The van der Waals surface area contributed by atoms with Gasteiger partial charge >= 0.3 is 0 Å². The fraction of sp³-hybridized carbons (Fsp3) is 0.333. The van der Waals surface area contributed by atoms with Gasteiger partial charge in [-0.05, 0) is 30.5 Å². The molecule has 19 heavy (non-hydrogen) atoms. The lowest BCUT2D eigenvalue weighted by atomic mass is 10.1. The number of aryl methyl sites for hydroxylation is 1. The zero-order valence-corrected chi connectivity index (χ0v) is 11.4. The Morgan fingerprint density at radius 2 is 1.84 bits per heavy atom. The molecule has 0 radical (unpaired) electrons. The van der Waals surface area contributed by atoms with Crippen molar-refractivity contribution >= 4 is 5.82 Å². The minimum Gasteiger partial charge on any atom is -0.439 e. The van der Waals surface area contributed by atoms with Crippen molar-refractivity contribution in [3.05, 3.63) is 41.7 Å². The van der Waals surface area contributed by atoms with Crippen molar-refractivity contribution < 1.29 is 4.74 Å². The van der Waals surface area contributed by atoms with Crippen LogP contribution in [0.2, 0.25) is 0 Å². The molecule has 2 aromatic rings. The number of aromatic nitrogens is 2. The van der Waals surface area contributed by atoms with E-state index < -0.39 is 0 Å². The third-order valence-corrected chi connectivity index (χ3v) is 2.99. The molecule has 1 aromatic carbocycles. The summed E-state index contributed by atoms with van der Waals surface area (Å²) < 4.78 is 5.81. The summed E-state index contributed by atoms with van der Waals surface area (Å²) in [6.07, 6.45) is 4.24. The highest BCUT2D eigenvalue weighted by molar-refractivity contribution is 5.46. The van der Waals surface area contributed by atoms with Crippen molar-refractivity contribution in [1.29, 1.82) is 0 Å². The Morgan fingerprint density at radius 3 is 2.47 bits per heavy atom. The fourth-order valence-electron chi connectivity index (χ4n) is 1.89. The molecule has 0 fully saturated rings. The van der Waals surface area contributed by atoms with E-state index in [-0.39, 0.29) is 0 Å². The molecule has 4 heteroatoms. The predicted molar refractivity (Wildman–Crippen MR) is 76.3 cm³/mol. The predicted octanol–water partition coefficient (Wildman–Crippen LogP) is 3.37. The number of benzene rings is 1. The molecule has 1 heterocycles. The van der Waals surface area contributed by atoms with Crippen LogP contribution in [-0.4, -0.2) is 9.97 Å². The molecular weight excluding hydrogens is 238 g/mol. The minimum atomic E-state index is 0.497. The first-order valence-electron chi connectivity index (χ1n) is 6.60. The van der Waals surface area contributed by atoms with Gasteiger partial charge in [-0.3, -0.25) is 0 Å². The van der Waals surface area contributed by atoms with Crippen molar-refractivity contribution in [2.24, 2.45) is 0 Å². The van der Waals surface area contributed by atoms with Crippen LogP contribution in [0.15, 0.2) is 30.6 Å². The molecule has 100 valence electrons. The molecule has 0 saturated carbocycles. The van der Waals surface area contributed by atoms with Crippen molar-refractivity contribution in [3.63, 3.8) is 0 Å². The average Bonchev–Trinajstić information content (AvgIpc) is 2.43. The van der Waals surface area contributed by atoms with Crippen molar-refractivity contribution in [2.45, 2.75) is 33.1 Å². The average molecular weight is 257 g/mol. The molecular formula is C15H19N3O. The minimum absolute atomic E-state index is 0.497. The highest BCUT2D eigenvalue weighted by Crippen LogP contribution is 2.26. The maximum atomic E-state index is 5.88. The van der Waals surface area contributed by atoms with Crippen LogP contribution >= 0.6 is 0 Å². The van der Waals surface area contributed by atoms with Crippen LogP contribution in [-0.2, 0) is 12.8 Å². The number of hydrogen-bond donors (Lipinski definition) is 1. The maximum Gasteiger partial charge on any atom is 0.227 e. The molecule has 0 bridgehead atoms. The molecule has 0 unspecified atom stereocenters. The lowest BCUT2D eigenvalue weighted by Gasteiger charge is -2.11. The van der Waals surface area contributed by atoms with E-state index in [1.165, 1.54) is 11.9 Å². The fourth-order valence-corrected chi connectivity index (χ4v) is 1.89. The van der Waals surface area contributed by atoms with E-state index in [9.17, 15) is 0 Å². The van der Waals surface area contributed by atoms with Gasteiger partial charge in [-0.15, -0.1) is 0 Å². The highest BCUT2D eigenvalue weighted by atomic mass is 16.5. The highest BCUT2D eigenvalue weighted by Gasteiger charge is 2.10. The van der Waals surface area contributed by atoms with Gasteiger partial charge < -0.3 is 10.5 Å². The Bertz CT molecular complexity index is 538. The van der Waals surface area contributed by atoms with Crippen molar-refractivity contribution in [1.82, 2.24) is 9.97 Å². The van der Waals surface area contributed by atoms with Gasteiger partial charge in [-0.25, -0.2) is 9.97 Å². The van der Waals surface area contributed by atoms with E-state index in [1.54, 1.807) is 0 Å². The number of ether oxygens (including phenoxy) is 1. The smallest absolute Gasteiger partial charge is 0.227 e. The van der Waals surface area contributed by atoms with Crippen LogP contribution in [0.5, 0.6) is 11.6 Å². The number of nitrogen functional groups attached to an aromatic ring is 1. The molecule has 0 aliphatic rings. The summed E-state index contributed by atoms with van der Waals surface area (Å²) in [6.45, 7) is 4.21. The molecule has 0 aliphatic heterocycles. The van der Waals surface area contributed by atoms with Crippen LogP contribution in [0.4, 0.5) is 5.82 Å². The topological polar surface area (TPSA) is 61.0 Å². The molecule has 0 spiro atoms. The number of anilines is 1. The summed E-state index contributed by atoms with van der Waals surface area (Å²) in [6, 6.07) is 8.01. The first kappa shape index (κ1) is 13.3. The monoisotopic (exact) mass is 257 g/mol. The van der Waals surface area contributed by atoms with E-state index in [2.05, 4.69) is 35.9 Å². The largest absolute Gasteiger partial charge is 0.439 e. The first-order chi connectivity index (χ1) is 9.24. The van der Waals surface area contributed by atoms with Crippen molar-refractivity contribution in [2.75, 3.05) is 5.73 Å². The van der Waals surface area contributed by atoms with Crippen LogP contribution in [0.1, 0.15) is 31.4 Å². The number of rotatable bonds is 5. The van der Waals surface area contributed by atoms with Crippen LogP contribution in [0.25, 0.3) is 0 Å². The lowest BCUT2D eigenvalue weighted by molar-refractivity contribution is 0.454. The molecule has 0 saturated heterocycles. The molecule has 2 rings (SSSR count). The van der Waals surface area contributed by atoms with E-state index in [4.69, 9.17) is 10.5 Å². The Hall–Kier alpha value is -2.10. The van der Waals surface area contributed by atoms with Gasteiger partial charge in [0.25, 0.3) is 0 Å². The lowest BCUT2D eigenvalue weighted by Crippen LogP contribution is -2.02. The Balaban J connectivity index is 2.24. The second-order valence-corrected chi connectivity index (χ2v) is 4.39. The normalized spacial score (nSPS) is 10.4. The summed E-state index contributed by atoms with van der Waals surface area (Å²) in [5, 5.41) is 0. The van der Waals surface area contributed by atoms with E-state index in [0.717, 1.165) is 30.6 Å². The van der Waals surface area contributed by atoms with E-state index in [0.29, 0.717) is 11.7 Å². The molecule has 2 N–H and O–H groups in total. The molecule has 0 aliphatic carbocycles. The summed E-state index contributed by atoms with van der Waals surface area (Å²) in [5.41, 5.74) is 8.04. The summed E-state index contributed by atoms with van der Waals surface area (Å²) >= 11 is 0. The number of nitrogens with two attached hydrogens (primary N) is 1.